The minimum atomic E-state index is -0.969. The molecule has 0 aromatic rings. The van der Waals surface area contributed by atoms with E-state index in [9.17, 15) is 14.7 Å². The van der Waals surface area contributed by atoms with Crippen molar-refractivity contribution >= 4 is 12.1 Å². The molecule has 1 heterocycles. The molecule has 2 rings (SSSR count). The van der Waals surface area contributed by atoms with Gasteiger partial charge in [-0.3, -0.25) is 4.90 Å². The van der Waals surface area contributed by atoms with Crippen LogP contribution in [0.15, 0.2) is 11.6 Å². The second kappa shape index (κ2) is 4.87. The summed E-state index contributed by atoms with van der Waals surface area (Å²) in [4.78, 5) is 25.0. The number of carbonyl (C=O) groups excluding carboxylic acids is 1. The van der Waals surface area contributed by atoms with Gasteiger partial charge in [0.25, 0.3) is 0 Å². The molecule has 106 valence electrons. The van der Waals surface area contributed by atoms with Gasteiger partial charge in [-0.25, -0.2) is 9.59 Å². The highest BCUT2D eigenvalue weighted by molar-refractivity contribution is 5.84. The summed E-state index contributed by atoms with van der Waals surface area (Å²) in [6.45, 7) is 5.74. The van der Waals surface area contributed by atoms with Crippen LogP contribution in [-0.2, 0) is 9.53 Å². The Bertz CT molecular complexity index is 418. The zero-order valence-corrected chi connectivity index (χ0v) is 11.7. The number of carbonyl (C=O) groups is 2. The third-order valence-corrected chi connectivity index (χ3v) is 3.29. The first-order valence-electron chi connectivity index (χ1n) is 6.72. The third-order valence-electron chi connectivity index (χ3n) is 3.29. The largest absolute Gasteiger partial charge is 0.479 e. The summed E-state index contributed by atoms with van der Waals surface area (Å²) in [6.07, 6.45) is 4.20. The Labute approximate surface area is 113 Å². The van der Waals surface area contributed by atoms with E-state index < -0.39 is 23.7 Å². The van der Waals surface area contributed by atoms with Gasteiger partial charge in [0.15, 0.2) is 6.04 Å². The molecule has 5 heteroatoms. The van der Waals surface area contributed by atoms with E-state index in [4.69, 9.17) is 4.74 Å². The highest BCUT2D eigenvalue weighted by atomic mass is 16.6. The predicted molar refractivity (Wildman–Crippen MR) is 69.8 cm³/mol. The molecule has 1 atom stereocenters. The van der Waals surface area contributed by atoms with Crippen molar-refractivity contribution in [2.75, 3.05) is 6.54 Å². The molecule has 1 amide bonds. The lowest BCUT2D eigenvalue weighted by Crippen LogP contribution is -2.50. The van der Waals surface area contributed by atoms with Crippen molar-refractivity contribution in [1.82, 2.24) is 4.90 Å². The molecule has 0 aromatic carbocycles. The van der Waals surface area contributed by atoms with E-state index in [2.05, 4.69) is 0 Å². The van der Waals surface area contributed by atoms with Gasteiger partial charge < -0.3 is 9.84 Å². The Kier molecular flexibility index (Phi) is 3.56. The van der Waals surface area contributed by atoms with Gasteiger partial charge in [0, 0.05) is 6.54 Å². The lowest BCUT2D eigenvalue weighted by atomic mass is 9.96. The lowest BCUT2D eigenvalue weighted by Gasteiger charge is -2.35. The molecular formula is C14H21NO4. The minimum absolute atomic E-state index is 0.339. The number of carboxylic acid groups (broad SMARTS) is 1. The van der Waals surface area contributed by atoms with Crippen molar-refractivity contribution in [3.05, 3.63) is 11.6 Å². The average Bonchev–Trinajstić information content (AvgIpc) is 3.09. The van der Waals surface area contributed by atoms with E-state index in [1.165, 1.54) is 4.90 Å². The van der Waals surface area contributed by atoms with Gasteiger partial charge in [-0.05, 0) is 51.5 Å². The first kappa shape index (κ1) is 13.9. The quantitative estimate of drug-likeness (QED) is 0.780. The Morgan fingerprint density at radius 1 is 1.37 bits per heavy atom. The molecule has 2 aliphatic rings. The maximum absolute atomic E-state index is 12.1. The van der Waals surface area contributed by atoms with E-state index in [-0.39, 0.29) is 0 Å². The molecule has 0 aromatic heterocycles. The number of ether oxygens (including phenoxy) is 1. The van der Waals surface area contributed by atoms with Gasteiger partial charge >= 0.3 is 12.1 Å². The van der Waals surface area contributed by atoms with E-state index >= 15 is 0 Å². The number of nitrogens with zero attached hydrogens (tertiary/aromatic N) is 1. The fourth-order valence-corrected chi connectivity index (χ4v) is 2.39. The SMILES string of the molecule is CC(C)(C)OC(=O)N1CCC=C(C2CC2)C1C(=O)O. The molecule has 1 saturated carbocycles. The zero-order valence-electron chi connectivity index (χ0n) is 11.7. The van der Waals surface area contributed by atoms with Gasteiger partial charge in [-0.1, -0.05) is 6.08 Å². The molecule has 1 fully saturated rings. The fourth-order valence-electron chi connectivity index (χ4n) is 2.39. The summed E-state index contributed by atoms with van der Waals surface area (Å²) < 4.78 is 5.30. The summed E-state index contributed by atoms with van der Waals surface area (Å²) in [5.41, 5.74) is 0.269. The van der Waals surface area contributed by atoms with Crippen molar-refractivity contribution in [3.8, 4) is 0 Å². The van der Waals surface area contributed by atoms with Crippen molar-refractivity contribution in [3.63, 3.8) is 0 Å². The van der Waals surface area contributed by atoms with Crippen LogP contribution in [0.4, 0.5) is 4.79 Å². The highest BCUT2D eigenvalue weighted by Crippen LogP contribution is 2.41. The first-order chi connectivity index (χ1) is 8.79. The van der Waals surface area contributed by atoms with Crippen molar-refractivity contribution in [2.24, 2.45) is 5.92 Å². The second-order valence-electron chi connectivity index (χ2n) is 6.18. The molecule has 0 saturated heterocycles. The van der Waals surface area contributed by atoms with Crippen molar-refractivity contribution < 1.29 is 19.4 Å². The molecule has 0 bridgehead atoms. The van der Waals surface area contributed by atoms with Gasteiger partial charge in [-0.2, -0.15) is 0 Å². The van der Waals surface area contributed by atoms with E-state index in [1.807, 2.05) is 6.08 Å². The van der Waals surface area contributed by atoms with Crippen LogP contribution in [0.3, 0.4) is 0 Å². The summed E-state index contributed by atoms with van der Waals surface area (Å²) in [6, 6.07) is -0.851. The number of carboxylic acids is 1. The Morgan fingerprint density at radius 2 is 2.00 bits per heavy atom. The van der Waals surface area contributed by atoms with Crippen LogP contribution in [0, 0.1) is 5.92 Å². The molecule has 1 aliphatic carbocycles. The van der Waals surface area contributed by atoms with Crippen LogP contribution in [0.1, 0.15) is 40.0 Å². The molecule has 1 N–H and O–H groups in total. The van der Waals surface area contributed by atoms with Gasteiger partial charge in [0.1, 0.15) is 5.60 Å². The standard InChI is InChI=1S/C14H21NO4/c1-14(2,3)19-13(18)15-8-4-5-10(9-6-7-9)11(15)12(16)17/h5,9,11H,4,6-8H2,1-3H3,(H,16,17). The number of rotatable bonds is 2. The van der Waals surface area contributed by atoms with Crippen LogP contribution in [0.2, 0.25) is 0 Å². The van der Waals surface area contributed by atoms with E-state index in [0.717, 1.165) is 18.4 Å². The molecule has 1 unspecified atom stereocenters. The third kappa shape index (κ3) is 3.28. The molecule has 0 radical (unpaired) electrons. The maximum Gasteiger partial charge on any atom is 0.411 e. The normalized spacial score (nSPS) is 23.8. The maximum atomic E-state index is 12.1. The van der Waals surface area contributed by atoms with Crippen LogP contribution in [0.25, 0.3) is 0 Å². The molecule has 1 aliphatic heterocycles. The molecule has 19 heavy (non-hydrogen) atoms. The zero-order chi connectivity index (χ0) is 14.2. The van der Waals surface area contributed by atoms with Crippen LogP contribution >= 0.6 is 0 Å². The topological polar surface area (TPSA) is 66.8 Å². The van der Waals surface area contributed by atoms with Crippen molar-refractivity contribution in [1.29, 1.82) is 0 Å². The van der Waals surface area contributed by atoms with Gasteiger partial charge in [-0.15, -0.1) is 0 Å². The smallest absolute Gasteiger partial charge is 0.411 e. The van der Waals surface area contributed by atoms with Gasteiger partial charge in [0.05, 0.1) is 0 Å². The van der Waals surface area contributed by atoms with Crippen molar-refractivity contribution in [2.45, 2.75) is 51.7 Å². The Balaban J connectivity index is 2.17. The monoisotopic (exact) mass is 267 g/mol. The molecular weight excluding hydrogens is 246 g/mol. The highest BCUT2D eigenvalue weighted by Gasteiger charge is 2.42. The van der Waals surface area contributed by atoms with Crippen LogP contribution in [0.5, 0.6) is 0 Å². The first-order valence-corrected chi connectivity index (χ1v) is 6.72. The summed E-state index contributed by atoms with van der Waals surface area (Å²) >= 11 is 0. The number of hydrogen-bond acceptors (Lipinski definition) is 3. The summed E-state index contributed by atoms with van der Waals surface area (Å²) in [5.74, 6) is -0.630. The van der Waals surface area contributed by atoms with Crippen LogP contribution < -0.4 is 0 Å². The Morgan fingerprint density at radius 3 is 2.47 bits per heavy atom. The summed E-state index contributed by atoms with van der Waals surface area (Å²) in [7, 11) is 0. The Hall–Kier alpha value is -1.52. The number of amides is 1. The van der Waals surface area contributed by atoms with Gasteiger partial charge in [0.2, 0.25) is 0 Å². The second-order valence-corrected chi connectivity index (χ2v) is 6.18. The van der Waals surface area contributed by atoms with E-state index in [1.54, 1.807) is 20.8 Å². The number of aliphatic carboxylic acids is 1. The minimum Gasteiger partial charge on any atom is -0.479 e. The number of hydrogen-bond donors (Lipinski definition) is 1. The summed E-state index contributed by atoms with van der Waals surface area (Å²) in [5, 5.41) is 9.41. The fraction of sp³-hybridized carbons (Fsp3) is 0.714. The average molecular weight is 267 g/mol. The van der Waals surface area contributed by atoms with Crippen LogP contribution in [-0.4, -0.2) is 40.3 Å². The molecule has 0 spiro atoms. The predicted octanol–water partition coefficient (Wildman–Crippen LogP) is 2.42. The lowest BCUT2D eigenvalue weighted by molar-refractivity contribution is -0.142. The van der Waals surface area contributed by atoms with E-state index in [0.29, 0.717) is 18.9 Å². The molecule has 5 nitrogen and oxygen atoms in total.